The van der Waals surface area contributed by atoms with Crippen LogP contribution in [0.3, 0.4) is 0 Å². The van der Waals surface area contributed by atoms with Crippen molar-refractivity contribution in [2.24, 2.45) is 0 Å². The molecule has 0 aliphatic heterocycles. The molecule has 1 atom stereocenters. The van der Waals surface area contributed by atoms with Crippen molar-refractivity contribution < 1.29 is 19.1 Å². The molecule has 1 aromatic carbocycles. The van der Waals surface area contributed by atoms with Crippen LogP contribution < -0.4 is 5.32 Å². The van der Waals surface area contributed by atoms with E-state index in [1.54, 1.807) is 31.2 Å². The predicted molar refractivity (Wildman–Crippen MR) is 84.8 cm³/mol. The number of ether oxygens (including phenoxy) is 1. The number of nitrogens with zero attached hydrogens (tertiary/aromatic N) is 1. The molecule has 1 amide bonds. The highest BCUT2D eigenvalue weighted by Gasteiger charge is 2.39. The first-order chi connectivity index (χ1) is 10.8. The molecule has 0 spiro atoms. The van der Waals surface area contributed by atoms with Crippen LogP contribution in [-0.2, 0) is 14.3 Å². The third-order valence-electron chi connectivity index (χ3n) is 3.25. The summed E-state index contributed by atoms with van der Waals surface area (Å²) >= 11 is 0. The third-order valence-corrected chi connectivity index (χ3v) is 3.25. The number of rotatable bonds is 7. The molecule has 0 saturated heterocycles. The van der Waals surface area contributed by atoms with Crippen LogP contribution in [-0.4, -0.2) is 36.4 Å². The molecule has 0 aromatic heterocycles. The Kier molecular flexibility index (Phi) is 6.46. The van der Waals surface area contributed by atoms with Crippen LogP contribution in [0.1, 0.15) is 36.2 Å². The highest BCUT2D eigenvalue weighted by Crippen LogP contribution is 2.17. The zero-order valence-electron chi connectivity index (χ0n) is 13.5. The summed E-state index contributed by atoms with van der Waals surface area (Å²) in [4.78, 5) is 39.2. The molecule has 0 radical (unpaired) electrons. The summed E-state index contributed by atoms with van der Waals surface area (Å²) in [6, 6.07) is 6.94. The second-order valence-corrected chi connectivity index (χ2v) is 5.38. The normalized spacial score (nSPS) is 12.6. The SMILES string of the molecule is [C-]#[N+]CC(=O)NC(C)(CC(=O)c1ccc(C)cc1)C(=O)OCC. The smallest absolute Gasteiger partial charge is 0.332 e. The quantitative estimate of drug-likeness (QED) is 0.474. The van der Waals surface area contributed by atoms with Crippen LogP contribution in [0.15, 0.2) is 24.3 Å². The minimum absolute atomic E-state index is 0.131. The largest absolute Gasteiger partial charge is 0.464 e. The van der Waals surface area contributed by atoms with E-state index < -0.39 is 24.0 Å². The number of hydrogen-bond acceptors (Lipinski definition) is 4. The topological polar surface area (TPSA) is 76.8 Å². The molecule has 1 rings (SSSR count). The molecule has 0 fully saturated rings. The number of Topliss-reactive ketones (excluding diaryl/α,β-unsaturated/α-hetero) is 1. The predicted octanol–water partition coefficient (Wildman–Crippen LogP) is 1.93. The van der Waals surface area contributed by atoms with Crippen molar-refractivity contribution >= 4 is 17.7 Å². The first-order valence-electron chi connectivity index (χ1n) is 7.23. The van der Waals surface area contributed by atoms with Gasteiger partial charge < -0.3 is 14.9 Å². The van der Waals surface area contributed by atoms with Gasteiger partial charge in [-0.3, -0.25) is 9.59 Å². The molecule has 1 aromatic rings. The van der Waals surface area contributed by atoms with Crippen molar-refractivity contribution in [1.82, 2.24) is 5.32 Å². The number of hydrogen-bond donors (Lipinski definition) is 1. The van der Waals surface area contributed by atoms with E-state index in [2.05, 4.69) is 10.2 Å². The van der Waals surface area contributed by atoms with Gasteiger partial charge in [-0.15, -0.1) is 0 Å². The molecule has 0 heterocycles. The first-order valence-corrected chi connectivity index (χ1v) is 7.23. The molecule has 1 N–H and O–H groups in total. The lowest BCUT2D eigenvalue weighted by Gasteiger charge is -2.27. The van der Waals surface area contributed by atoms with E-state index in [-0.39, 0.29) is 18.8 Å². The Hall–Kier alpha value is -2.68. The monoisotopic (exact) mass is 316 g/mol. The maximum atomic E-state index is 12.4. The second kappa shape index (κ2) is 8.08. The zero-order chi connectivity index (χ0) is 17.5. The van der Waals surface area contributed by atoms with Gasteiger partial charge in [0.2, 0.25) is 0 Å². The Bertz CT molecular complexity index is 631. The molecule has 0 aliphatic carbocycles. The zero-order valence-corrected chi connectivity index (χ0v) is 13.5. The third kappa shape index (κ3) is 5.22. The molecular formula is C17H20N2O4. The van der Waals surface area contributed by atoms with Crippen molar-refractivity contribution in [1.29, 1.82) is 0 Å². The highest BCUT2D eigenvalue weighted by molar-refractivity contribution is 6.01. The Morgan fingerprint density at radius 3 is 2.39 bits per heavy atom. The summed E-state index contributed by atoms with van der Waals surface area (Å²) in [5, 5.41) is 2.44. The number of ketones is 1. The van der Waals surface area contributed by atoms with Crippen molar-refractivity contribution in [2.45, 2.75) is 32.7 Å². The van der Waals surface area contributed by atoms with Gasteiger partial charge in [0.05, 0.1) is 6.61 Å². The van der Waals surface area contributed by atoms with Crippen LogP contribution in [0.4, 0.5) is 0 Å². The van der Waals surface area contributed by atoms with E-state index >= 15 is 0 Å². The van der Waals surface area contributed by atoms with Crippen molar-refractivity contribution in [2.75, 3.05) is 13.2 Å². The maximum Gasteiger partial charge on any atom is 0.332 e. The minimum Gasteiger partial charge on any atom is -0.464 e. The average molecular weight is 316 g/mol. The second-order valence-electron chi connectivity index (χ2n) is 5.38. The van der Waals surface area contributed by atoms with Gasteiger partial charge in [-0.1, -0.05) is 29.8 Å². The number of nitrogens with one attached hydrogen (secondary N) is 1. The van der Waals surface area contributed by atoms with Gasteiger partial charge in [-0.25, -0.2) is 11.4 Å². The van der Waals surface area contributed by atoms with Crippen LogP contribution in [0.2, 0.25) is 0 Å². The highest BCUT2D eigenvalue weighted by atomic mass is 16.5. The van der Waals surface area contributed by atoms with Gasteiger partial charge in [0, 0.05) is 12.0 Å². The van der Waals surface area contributed by atoms with Gasteiger partial charge >= 0.3 is 11.9 Å². The molecular weight excluding hydrogens is 296 g/mol. The van der Waals surface area contributed by atoms with Crippen LogP contribution in [0.5, 0.6) is 0 Å². The Balaban J connectivity index is 2.97. The fourth-order valence-corrected chi connectivity index (χ4v) is 2.04. The average Bonchev–Trinajstić information content (AvgIpc) is 2.48. The summed E-state index contributed by atoms with van der Waals surface area (Å²) in [5.74, 6) is -1.60. The number of amides is 1. The van der Waals surface area contributed by atoms with E-state index in [0.29, 0.717) is 5.56 Å². The van der Waals surface area contributed by atoms with Crippen LogP contribution >= 0.6 is 0 Å². The lowest BCUT2D eigenvalue weighted by molar-refractivity contribution is -0.152. The summed E-state index contributed by atoms with van der Waals surface area (Å²) < 4.78 is 4.96. The number of benzene rings is 1. The number of carbonyl (C=O) groups excluding carboxylic acids is 3. The minimum atomic E-state index is -1.50. The van der Waals surface area contributed by atoms with Crippen molar-refractivity contribution in [3.05, 3.63) is 46.8 Å². The van der Waals surface area contributed by atoms with Gasteiger partial charge in [0.1, 0.15) is 5.54 Å². The molecule has 6 nitrogen and oxygen atoms in total. The number of aryl methyl sites for hydroxylation is 1. The van der Waals surface area contributed by atoms with E-state index in [9.17, 15) is 14.4 Å². The molecule has 0 aliphatic rings. The molecule has 122 valence electrons. The van der Waals surface area contributed by atoms with Crippen molar-refractivity contribution in [3.8, 4) is 0 Å². The fourth-order valence-electron chi connectivity index (χ4n) is 2.04. The number of esters is 1. The summed E-state index contributed by atoms with van der Waals surface area (Å²) in [6.45, 7) is 11.4. The van der Waals surface area contributed by atoms with E-state index in [1.807, 2.05) is 6.92 Å². The Labute approximate surface area is 135 Å². The molecule has 23 heavy (non-hydrogen) atoms. The summed E-state index contributed by atoms with van der Waals surface area (Å²) in [7, 11) is 0. The lowest BCUT2D eigenvalue weighted by atomic mass is 9.91. The summed E-state index contributed by atoms with van der Waals surface area (Å²) in [5.41, 5.74) is -0.0367. The number of carbonyl (C=O) groups is 3. The van der Waals surface area contributed by atoms with Gasteiger partial charge in [0.15, 0.2) is 5.78 Å². The van der Waals surface area contributed by atoms with Gasteiger partial charge in [0.25, 0.3) is 6.54 Å². The van der Waals surface area contributed by atoms with Crippen LogP contribution in [0, 0.1) is 13.5 Å². The van der Waals surface area contributed by atoms with Crippen LogP contribution in [0.25, 0.3) is 4.85 Å². The molecule has 6 heteroatoms. The molecule has 1 unspecified atom stereocenters. The standard InChI is InChI=1S/C17H20N2O4/c1-5-23-16(22)17(3,19-15(21)11-18-4)10-14(20)13-8-6-12(2)7-9-13/h6-9H,5,10-11H2,1-3H3,(H,19,21). The van der Waals surface area contributed by atoms with E-state index in [4.69, 9.17) is 11.3 Å². The molecule has 0 bridgehead atoms. The summed E-state index contributed by atoms with van der Waals surface area (Å²) in [6.07, 6.45) is -0.237. The lowest BCUT2D eigenvalue weighted by Crippen LogP contribution is -2.54. The van der Waals surface area contributed by atoms with Gasteiger partial charge in [-0.2, -0.15) is 0 Å². The first kappa shape index (κ1) is 18.4. The van der Waals surface area contributed by atoms with Gasteiger partial charge in [-0.05, 0) is 20.8 Å². The maximum absolute atomic E-state index is 12.4. The van der Waals surface area contributed by atoms with E-state index in [1.165, 1.54) is 6.92 Å². The molecule has 0 saturated carbocycles. The Morgan fingerprint density at radius 1 is 1.26 bits per heavy atom. The Morgan fingerprint density at radius 2 is 1.87 bits per heavy atom. The van der Waals surface area contributed by atoms with Crippen molar-refractivity contribution in [3.63, 3.8) is 0 Å². The van der Waals surface area contributed by atoms with E-state index in [0.717, 1.165) is 5.56 Å². The fraction of sp³-hybridized carbons (Fsp3) is 0.412.